The quantitative estimate of drug-likeness (QED) is 0.555. The summed E-state index contributed by atoms with van der Waals surface area (Å²) in [6.45, 7) is 0.127. The van der Waals surface area contributed by atoms with Gasteiger partial charge < -0.3 is 30.0 Å². The summed E-state index contributed by atoms with van der Waals surface area (Å²) >= 11 is 0. The van der Waals surface area contributed by atoms with Gasteiger partial charge in [-0.15, -0.1) is 0 Å². The Hall–Kier alpha value is -3.43. The number of rotatable bonds is 8. The summed E-state index contributed by atoms with van der Waals surface area (Å²) in [5, 5.41) is 14.4. The second kappa shape index (κ2) is 10.0. The summed E-state index contributed by atoms with van der Waals surface area (Å²) < 4.78 is 15.7. The minimum Gasteiger partial charge on any atom is -0.481 e. The van der Waals surface area contributed by atoms with Gasteiger partial charge in [0, 0.05) is 13.0 Å². The molecule has 3 N–H and O–H groups in total. The number of alkyl carbamates (subject to hydrolysis) is 1. The van der Waals surface area contributed by atoms with E-state index in [2.05, 4.69) is 10.6 Å². The number of carboxylic acid groups (broad SMARTS) is 1. The molecule has 174 valence electrons. The first kappa shape index (κ1) is 22.8. The van der Waals surface area contributed by atoms with Crippen LogP contribution in [0.3, 0.4) is 0 Å². The van der Waals surface area contributed by atoms with Crippen LogP contribution in [0.1, 0.15) is 17.0 Å². The predicted molar refractivity (Wildman–Crippen MR) is 118 cm³/mol. The highest BCUT2D eigenvalue weighted by Gasteiger charge is 2.37. The van der Waals surface area contributed by atoms with Crippen molar-refractivity contribution in [2.24, 2.45) is 5.92 Å². The molecule has 1 aliphatic heterocycles. The van der Waals surface area contributed by atoms with Crippen molar-refractivity contribution in [1.29, 1.82) is 0 Å². The fourth-order valence-electron chi connectivity index (χ4n) is 4.36. The molecule has 0 bridgehead atoms. The summed E-state index contributed by atoms with van der Waals surface area (Å²) in [6, 6.07) is 14.3. The van der Waals surface area contributed by atoms with Gasteiger partial charge in [0.05, 0.1) is 25.9 Å². The van der Waals surface area contributed by atoms with Gasteiger partial charge in [0.25, 0.3) is 0 Å². The highest BCUT2D eigenvalue weighted by molar-refractivity contribution is 5.87. The molecule has 9 heteroatoms. The van der Waals surface area contributed by atoms with Gasteiger partial charge in [0.2, 0.25) is 5.91 Å². The monoisotopic (exact) mass is 454 g/mol. The zero-order chi connectivity index (χ0) is 23.4. The van der Waals surface area contributed by atoms with E-state index < -0.39 is 36.0 Å². The van der Waals surface area contributed by atoms with Crippen LogP contribution in [0.2, 0.25) is 0 Å². The molecule has 1 saturated heterocycles. The van der Waals surface area contributed by atoms with Crippen LogP contribution < -0.4 is 10.6 Å². The summed E-state index contributed by atoms with van der Waals surface area (Å²) in [5.41, 5.74) is 4.40. The smallest absolute Gasteiger partial charge is 0.407 e. The second-order valence-electron chi connectivity index (χ2n) is 8.08. The van der Waals surface area contributed by atoms with Crippen molar-refractivity contribution in [3.63, 3.8) is 0 Å². The van der Waals surface area contributed by atoms with E-state index in [0.29, 0.717) is 0 Å². The molecular weight excluding hydrogens is 428 g/mol. The lowest BCUT2D eigenvalue weighted by Gasteiger charge is -2.22. The zero-order valence-electron chi connectivity index (χ0n) is 18.2. The van der Waals surface area contributed by atoms with Gasteiger partial charge in [0.15, 0.2) is 0 Å². The average molecular weight is 454 g/mol. The Morgan fingerprint density at radius 1 is 1.06 bits per heavy atom. The van der Waals surface area contributed by atoms with Crippen LogP contribution in [-0.2, 0) is 23.8 Å². The maximum atomic E-state index is 12.7. The van der Waals surface area contributed by atoms with Crippen LogP contribution in [0.25, 0.3) is 11.1 Å². The predicted octanol–water partition coefficient (Wildman–Crippen LogP) is 1.76. The summed E-state index contributed by atoms with van der Waals surface area (Å²) in [5.74, 6) is -2.56. The molecule has 2 aliphatic rings. The van der Waals surface area contributed by atoms with Crippen LogP contribution >= 0.6 is 0 Å². The average Bonchev–Trinajstić information content (AvgIpc) is 3.40. The summed E-state index contributed by atoms with van der Waals surface area (Å²) in [7, 11) is 1.40. The van der Waals surface area contributed by atoms with Crippen molar-refractivity contribution in [3.05, 3.63) is 59.7 Å². The number of carboxylic acids is 1. The van der Waals surface area contributed by atoms with Gasteiger partial charge in [-0.1, -0.05) is 48.5 Å². The van der Waals surface area contributed by atoms with E-state index >= 15 is 0 Å². The van der Waals surface area contributed by atoms with E-state index in [-0.39, 0.29) is 32.3 Å². The number of carbonyl (C=O) groups excluding carboxylic acids is 2. The molecule has 4 rings (SSSR count). The van der Waals surface area contributed by atoms with Crippen molar-refractivity contribution in [2.75, 3.05) is 33.5 Å². The van der Waals surface area contributed by atoms with Crippen molar-refractivity contribution in [3.8, 4) is 11.1 Å². The van der Waals surface area contributed by atoms with Crippen LogP contribution in [0.4, 0.5) is 4.79 Å². The third-order valence-corrected chi connectivity index (χ3v) is 6.01. The number of hydrogen-bond acceptors (Lipinski definition) is 6. The normalized spacial score (nSPS) is 19.9. The van der Waals surface area contributed by atoms with Gasteiger partial charge in [-0.25, -0.2) is 4.79 Å². The van der Waals surface area contributed by atoms with Crippen LogP contribution in [0, 0.1) is 5.92 Å². The highest BCUT2D eigenvalue weighted by Crippen LogP contribution is 2.44. The van der Waals surface area contributed by atoms with Gasteiger partial charge in [-0.3, -0.25) is 9.59 Å². The molecular formula is C24H26N2O7. The Morgan fingerprint density at radius 3 is 2.30 bits per heavy atom. The molecule has 2 unspecified atom stereocenters. The first-order chi connectivity index (χ1) is 16.0. The molecule has 1 heterocycles. The standard InChI is InChI=1S/C24H26N2O7/c1-31-12-21(22(27)25-20-13-32-10-19(20)23(28)29)26-24(30)33-11-18-16-8-4-2-6-14(16)15-7-3-5-9-17(15)18/h2-9,18-21H,10-13H2,1H3,(H,25,27)(H,26,30)(H,28,29)/t19?,20?,21-/m0/s1. The number of aliphatic carboxylic acids is 1. The van der Waals surface area contributed by atoms with Gasteiger partial charge >= 0.3 is 12.1 Å². The van der Waals surface area contributed by atoms with E-state index in [9.17, 15) is 19.5 Å². The largest absolute Gasteiger partial charge is 0.481 e. The van der Waals surface area contributed by atoms with Crippen LogP contribution in [0.5, 0.6) is 0 Å². The summed E-state index contributed by atoms with van der Waals surface area (Å²) in [4.78, 5) is 36.5. The van der Waals surface area contributed by atoms with Crippen molar-refractivity contribution < 1.29 is 33.7 Å². The van der Waals surface area contributed by atoms with Gasteiger partial charge in [0.1, 0.15) is 18.6 Å². The van der Waals surface area contributed by atoms with E-state index in [1.165, 1.54) is 7.11 Å². The van der Waals surface area contributed by atoms with Crippen molar-refractivity contribution in [2.45, 2.75) is 18.0 Å². The number of fused-ring (bicyclic) bond motifs is 3. The van der Waals surface area contributed by atoms with E-state index in [0.717, 1.165) is 22.3 Å². The van der Waals surface area contributed by atoms with Crippen molar-refractivity contribution in [1.82, 2.24) is 10.6 Å². The SMILES string of the molecule is COC[C@H](NC(=O)OCC1c2ccccc2-c2ccccc21)C(=O)NC1COCC1C(=O)O. The fraction of sp³-hybridized carbons (Fsp3) is 0.375. The van der Waals surface area contributed by atoms with E-state index in [1.54, 1.807) is 0 Å². The topological polar surface area (TPSA) is 123 Å². The first-order valence-electron chi connectivity index (χ1n) is 10.7. The number of hydrogen-bond donors (Lipinski definition) is 3. The fourth-order valence-corrected chi connectivity index (χ4v) is 4.36. The first-order valence-corrected chi connectivity index (χ1v) is 10.7. The number of nitrogens with one attached hydrogen (secondary N) is 2. The van der Waals surface area contributed by atoms with Crippen molar-refractivity contribution >= 4 is 18.0 Å². The van der Waals surface area contributed by atoms with E-state index in [1.807, 2.05) is 48.5 Å². The third kappa shape index (κ3) is 4.84. The van der Waals surface area contributed by atoms with Gasteiger partial charge in [-0.05, 0) is 22.3 Å². The molecule has 0 saturated carbocycles. The molecule has 0 radical (unpaired) electrons. The lowest BCUT2D eigenvalue weighted by Crippen LogP contribution is -2.54. The molecule has 2 aromatic rings. The summed E-state index contributed by atoms with van der Waals surface area (Å²) in [6.07, 6.45) is -0.758. The van der Waals surface area contributed by atoms with Crippen LogP contribution in [-0.4, -0.2) is 68.7 Å². The Labute approximate surface area is 191 Å². The molecule has 2 amide bonds. The third-order valence-electron chi connectivity index (χ3n) is 6.01. The number of carbonyl (C=O) groups is 3. The minimum absolute atomic E-state index is 0.0228. The minimum atomic E-state index is -1.05. The Morgan fingerprint density at radius 2 is 1.70 bits per heavy atom. The maximum absolute atomic E-state index is 12.7. The Balaban J connectivity index is 1.38. The van der Waals surface area contributed by atoms with E-state index in [4.69, 9.17) is 14.2 Å². The molecule has 1 aliphatic carbocycles. The second-order valence-corrected chi connectivity index (χ2v) is 8.08. The molecule has 2 aromatic carbocycles. The number of ether oxygens (including phenoxy) is 3. The zero-order valence-corrected chi connectivity index (χ0v) is 18.2. The molecule has 1 fully saturated rings. The van der Waals surface area contributed by atoms with Crippen LogP contribution in [0.15, 0.2) is 48.5 Å². The molecule has 9 nitrogen and oxygen atoms in total. The Bertz CT molecular complexity index is 995. The number of methoxy groups -OCH3 is 1. The molecule has 33 heavy (non-hydrogen) atoms. The molecule has 3 atom stereocenters. The maximum Gasteiger partial charge on any atom is 0.407 e. The number of amides is 2. The molecule has 0 spiro atoms. The molecule has 0 aromatic heterocycles. The van der Waals surface area contributed by atoms with Gasteiger partial charge in [-0.2, -0.15) is 0 Å². The number of benzene rings is 2. The Kier molecular flexibility index (Phi) is 6.90. The highest BCUT2D eigenvalue weighted by atomic mass is 16.5. The lowest BCUT2D eigenvalue weighted by atomic mass is 9.98. The lowest BCUT2D eigenvalue weighted by molar-refractivity contribution is -0.142.